The molecule has 0 saturated heterocycles. The van der Waals surface area contributed by atoms with Crippen LogP contribution in [0.25, 0.3) is 5.57 Å². The van der Waals surface area contributed by atoms with Crippen molar-refractivity contribution in [3.63, 3.8) is 0 Å². The molecule has 0 fully saturated rings. The van der Waals surface area contributed by atoms with E-state index < -0.39 is 11.7 Å². The fraction of sp³-hybridized carbons (Fsp3) is 0.263. The number of rotatable bonds is 5. The van der Waals surface area contributed by atoms with Crippen molar-refractivity contribution in [2.24, 2.45) is 0 Å². The largest absolute Gasteiger partial charge is 0.416 e. The van der Waals surface area contributed by atoms with Gasteiger partial charge in [0, 0.05) is 6.54 Å². The van der Waals surface area contributed by atoms with E-state index in [4.69, 9.17) is 0 Å². The molecule has 0 N–H and O–H groups in total. The molecule has 0 saturated carbocycles. The van der Waals surface area contributed by atoms with Crippen molar-refractivity contribution in [1.82, 2.24) is 4.90 Å². The molecule has 24 heavy (non-hydrogen) atoms. The van der Waals surface area contributed by atoms with Gasteiger partial charge < -0.3 is 4.90 Å². The number of hydrogen-bond donors (Lipinski definition) is 0. The monoisotopic (exact) mass is 355 g/mol. The molecule has 0 heterocycles. The van der Waals surface area contributed by atoms with Gasteiger partial charge >= 0.3 is 6.18 Å². The molecule has 0 aliphatic heterocycles. The van der Waals surface area contributed by atoms with Crippen LogP contribution in [0.15, 0.2) is 60.7 Å². The highest BCUT2D eigenvalue weighted by Gasteiger charge is 2.30. The standard InChI is InChI=1S/C19H20F3N.ClH/c1-23(2)14-6-9-18(15-7-4-3-5-8-15)16-10-12-17(13-11-16)19(20,21)22;/h3-5,7-13H,6,14H2,1-2H3;1H/b18-9+;. The summed E-state index contributed by atoms with van der Waals surface area (Å²) in [5.41, 5.74) is 2.14. The second kappa shape index (κ2) is 8.90. The highest BCUT2D eigenvalue weighted by molar-refractivity contribution is 5.85. The Morgan fingerprint density at radius 2 is 1.46 bits per heavy atom. The number of nitrogens with zero attached hydrogens (tertiary/aromatic N) is 1. The van der Waals surface area contributed by atoms with Gasteiger partial charge in [-0.3, -0.25) is 0 Å². The Hall–Kier alpha value is -1.78. The Balaban J connectivity index is 0.00000288. The molecule has 0 radical (unpaired) electrons. The summed E-state index contributed by atoms with van der Waals surface area (Å²) in [4.78, 5) is 2.08. The fourth-order valence-corrected chi connectivity index (χ4v) is 2.33. The first-order valence-electron chi connectivity index (χ1n) is 7.46. The Kier molecular flexibility index (Phi) is 7.52. The number of halogens is 4. The summed E-state index contributed by atoms with van der Waals surface area (Å²) in [7, 11) is 3.99. The lowest BCUT2D eigenvalue weighted by Crippen LogP contribution is -2.12. The quantitative estimate of drug-likeness (QED) is 0.683. The molecule has 2 aromatic carbocycles. The molecule has 5 heteroatoms. The molecule has 130 valence electrons. The number of alkyl halides is 3. The third-order valence-electron chi connectivity index (χ3n) is 3.53. The first-order chi connectivity index (χ1) is 10.9. The van der Waals surface area contributed by atoms with Gasteiger partial charge in [0.25, 0.3) is 0 Å². The average Bonchev–Trinajstić information content (AvgIpc) is 2.51. The lowest BCUT2D eigenvalue weighted by Gasteiger charge is -2.12. The molecular weight excluding hydrogens is 335 g/mol. The van der Waals surface area contributed by atoms with Gasteiger partial charge in [0.15, 0.2) is 0 Å². The van der Waals surface area contributed by atoms with E-state index in [9.17, 15) is 13.2 Å². The molecule has 0 bridgehead atoms. The predicted octanol–water partition coefficient (Wildman–Crippen LogP) is 5.51. The zero-order valence-corrected chi connectivity index (χ0v) is 14.5. The van der Waals surface area contributed by atoms with Crippen LogP contribution in [0.4, 0.5) is 13.2 Å². The van der Waals surface area contributed by atoms with Gasteiger partial charge in [-0.05, 0) is 49.3 Å². The van der Waals surface area contributed by atoms with Crippen LogP contribution < -0.4 is 0 Å². The van der Waals surface area contributed by atoms with Crippen molar-refractivity contribution >= 4 is 18.0 Å². The van der Waals surface area contributed by atoms with E-state index in [1.165, 1.54) is 12.1 Å². The summed E-state index contributed by atoms with van der Waals surface area (Å²) < 4.78 is 38.1. The van der Waals surface area contributed by atoms with Crippen molar-refractivity contribution in [3.8, 4) is 0 Å². The first-order valence-corrected chi connectivity index (χ1v) is 7.46. The second-order valence-corrected chi connectivity index (χ2v) is 5.65. The van der Waals surface area contributed by atoms with Gasteiger partial charge in [0.2, 0.25) is 0 Å². The molecule has 0 aliphatic rings. The minimum absolute atomic E-state index is 0. The minimum Gasteiger partial charge on any atom is -0.309 e. The second-order valence-electron chi connectivity index (χ2n) is 5.65. The lowest BCUT2D eigenvalue weighted by atomic mass is 9.96. The van der Waals surface area contributed by atoms with Crippen LogP contribution in [-0.2, 0) is 6.18 Å². The van der Waals surface area contributed by atoms with Gasteiger partial charge in [-0.1, -0.05) is 48.5 Å². The molecule has 0 amide bonds. The van der Waals surface area contributed by atoms with Crippen LogP contribution in [-0.4, -0.2) is 25.5 Å². The van der Waals surface area contributed by atoms with Crippen molar-refractivity contribution in [2.75, 3.05) is 20.6 Å². The third-order valence-corrected chi connectivity index (χ3v) is 3.53. The highest BCUT2D eigenvalue weighted by atomic mass is 35.5. The van der Waals surface area contributed by atoms with Crippen LogP contribution >= 0.6 is 12.4 Å². The normalized spacial score (nSPS) is 12.2. The zero-order valence-electron chi connectivity index (χ0n) is 13.7. The number of benzene rings is 2. The maximum absolute atomic E-state index is 12.7. The van der Waals surface area contributed by atoms with Gasteiger partial charge in [-0.25, -0.2) is 0 Å². The fourth-order valence-electron chi connectivity index (χ4n) is 2.33. The van der Waals surface area contributed by atoms with E-state index in [0.717, 1.165) is 41.8 Å². The third kappa shape index (κ3) is 5.69. The summed E-state index contributed by atoms with van der Waals surface area (Å²) in [6.45, 7) is 0.886. The van der Waals surface area contributed by atoms with Crippen LogP contribution in [0, 0.1) is 0 Å². The van der Waals surface area contributed by atoms with Crippen molar-refractivity contribution in [2.45, 2.75) is 12.6 Å². The summed E-state index contributed by atoms with van der Waals surface area (Å²) in [6.07, 6.45) is -1.39. The zero-order chi connectivity index (χ0) is 16.9. The SMILES string of the molecule is CN(C)CC/C=C(\c1ccccc1)c1ccc(C(F)(F)F)cc1.Cl. The summed E-state index contributed by atoms with van der Waals surface area (Å²) in [5, 5.41) is 0. The van der Waals surface area contributed by atoms with Gasteiger partial charge in [-0.2, -0.15) is 13.2 Å². The first kappa shape index (κ1) is 20.3. The van der Waals surface area contributed by atoms with Crippen LogP contribution in [0.5, 0.6) is 0 Å². The van der Waals surface area contributed by atoms with E-state index in [0.29, 0.717) is 0 Å². The van der Waals surface area contributed by atoms with E-state index in [1.807, 2.05) is 44.4 Å². The Labute approximate surface area is 147 Å². The highest BCUT2D eigenvalue weighted by Crippen LogP contribution is 2.31. The topological polar surface area (TPSA) is 3.24 Å². The molecule has 0 aromatic heterocycles. The van der Waals surface area contributed by atoms with E-state index in [2.05, 4.69) is 11.0 Å². The van der Waals surface area contributed by atoms with E-state index in [1.54, 1.807) is 0 Å². The molecular formula is C19H21ClF3N. The molecule has 0 spiro atoms. The predicted molar refractivity (Wildman–Crippen MR) is 95.4 cm³/mol. The lowest BCUT2D eigenvalue weighted by molar-refractivity contribution is -0.137. The van der Waals surface area contributed by atoms with E-state index >= 15 is 0 Å². The molecule has 1 nitrogen and oxygen atoms in total. The van der Waals surface area contributed by atoms with Gasteiger partial charge in [0.05, 0.1) is 5.56 Å². The van der Waals surface area contributed by atoms with Crippen LogP contribution in [0.2, 0.25) is 0 Å². The number of hydrogen-bond acceptors (Lipinski definition) is 1. The van der Waals surface area contributed by atoms with Gasteiger partial charge in [0.1, 0.15) is 0 Å². The van der Waals surface area contributed by atoms with Crippen molar-refractivity contribution < 1.29 is 13.2 Å². The minimum atomic E-state index is -4.31. The Morgan fingerprint density at radius 3 is 1.96 bits per heavy atom. The Morgan fingerprint density at radius 1 is 0.917 bits per heavy atom. The van der Waals surface area contributed by atoms with Gasteiger partial charge in [-0.15, -0.1) is 12.4 Å². The molecule has 0 unspecified atom stereocenters. The maximum atomic E-state index is 12.7. The van der Waals surface area contributed by atoms with E-state index in [-0.39, 0.29) is 12.4 Å². The smallest absolute Gasteiger partial charge is 0.309 e. The maximum Gasteiger partial charge on any atom is 0.416 e. The van der Waals surface area contributed by atoms with Crippen LogP contribution in [0.1, 0.15) is 23.1 Å². The average molecular weight is 356 g/mol. The molecule has 2 aromatic rings. The molecule has 0 aliphatic carbocycles. The van der Waals surface area contributed by atoms with Crippen molar-refractivity contribution in [1.29, 1.82) is 0 Å². The molecule has 0 atom stereocenters. The summed E-state index contributed by atoms with van der Waals surface area (Å²) in [5.74, 6) is 0. The van der Waals surface area contributed by atoms with Crippen LogP contribution in [0.3, 0.4) is 0 Å². The molecule has 2 rings (SSSR count). The van der Waals surface area contributed by atoms with Crippen molar-refractivity contribution in [3.05, 3.63) is 77.4 Å². The summed E-state index contributed by atoms with van der Waals surface area (Å²) >= 11 is 0. The summed E-state index contributed by atoms with van der Waals surface area (Å²) in [6, 6.07) is 15.1. The Bertz CT molecular complexity index is 647.